The first-order valence-electron chi connectivity index (χ1n) is 8.16. The van der Waals surface area contributed by atoms with Gasteiger partial charge >= 0.3 is 0 Å². The lowest BCUT2D eigenvalue weighted by Crippen LogP contribution is -2.39. The van der Waals surface area contributed by atoms with Crippen LogP contribution in [0.15, 0.2) is 22.8 Å². The SMILES string of the molecule is COC(CCCCCO[C@H]1C[C@H](Oc2ccc(Br)cn2)C1)OC. The lowest BCUT2D eigenvalue weighted by Gasteiger charge is -2.34. The van der Waals surface area contributed by atoms with Gasteiger partial charge in [0.05, 0.1) is 6.10 Å². The third kappa shape index (κ3) is 6.75. The number of aromatic nitrogens is 1. The van der Waals surface area contributed by atoms with Crippen molar-refractivity contribution in [1.29, 1.82) is 0 Å². The molecule has 0 atom stereocenters. The molecular formula is C17H26BrNO4. The molecule has 0 aliphatic heterocycles. The number of unbranched alkanes of at least 4 members (excludes halogenated alkanes) is 2. The van der Waals surface area contributed by atoms with Gasteiger partial charge in [-0.05, 0) is 41.3 Å². The van der Waals surface area contributed by atoms with E-state index in [1.165, 1.54) is 0 Å². The molecule has 130 valence electrons. The summed E-state index contributed by atoms with van der Waals surface area (Å²) in [4.78, 5) is 4.22. The Labute approximate surface area is 146 Å². The number of pyridine rings is 1. The van der Waals surface area contributed by atoms with E-state index < -0.39 is 0 Å². The van der Waals surface area contributed by atoms with Crippen molar-refractivity contribution in [2.75, 3.05) is 20.8 Å². The Bertz CT molecular complexity index is 433. The van der Waals surface area contributed by atoms with Gasteiger partial charge < -0.3 is 18.9 Å². The minimum Gasteiger partial charge on any atom is -0.474 e. The second kappa shape index (κ2) is 10.2. The molecule has 1 heterocycles. The Balaban J connectivity index is 1.46. The van der Waals surface area contributed by atoms with Gasteiger partial charge in [-0.2, -0.15) is 0 Å². The van der Waals surface area contributed by atoms with Gasteiger partial charge in [-0.25, -0.2) is 4.98 Å². The number of rotatable bonds is 11. The van der Waals surface area contributed by atoms with Crippen LogP contribution in [0.25, 0.3) is 0 Å². The highest BCUT2D eigenvalue weighted by atomic mass is 79.9. The Hall–Kier alpha value is -0.690. The van der Waals surface area contributed by atoms with Gasteiger partial charge in [-0.15, -0.1) is 0 Å². The first kappa shape index (κ1) is 18.6. The topological polar surface area (TPSA) is 49.8 Å². The van der Waals surface area contributed by atoms with Gasteiger partial charge in [0.25, 0.3) is 0 Å². The number of methoxy groups -OCH3 is 2. The van der Waals surface area contributed by atoms with Crippen LogP contribution in [-0.4, -0.2) is 44.3 Å². The van der Waals surface area contributed by atoms with Gasteiger partial charge in [0.15, 0.2) is 6.29 Å². The van der Waals surface area contributed by atoms with Crippen molar-refractivity contribution in [2.45, 2.75) is 57.0 Å². The number of ether oxygens (including phenoxy) is 4. The summed E-state index contributed by atoms with van der Waals surface area (Å²) in [5, 5.41) is 0. The maximum atomic E-state index is 5.85. The van der Waals surface area contributed by atoms with Crippen molar-refractivity contribution in [2.24, 2.45) is 0 Å². The zero-order chi connectivity index (χ0) is 16.5. The van der Waals surface area contributed by atoms with E-state index in [0.717, 1.165) is 49.6 Å². The Morgan fingerprint density at radius 3 is 2.57 bits per heavy atom. The molecule has 0 amide bonds. The molecule has 6 heteroatoms. The largest absolute Gasteiger partial charge is 0.474 e. The van der Waals surface area contributed by atoms with Gasteiger partial charge in [0, 0.05) is 50.4 Å². The quantitative estimate of drug-likeness (QED) is 0.424. The molecule has 1 aromatic rings. The summed E-state index contributed by atoms with van der Waals surface area (Å²) in [5.41, 5.74) is 0. The third-order valence-electron chi connectivity index (χ3n) is 4.00. The lowest BCUT2D eigenvalue weighted by molar-refractivity contribution is -0.107. The summed E-state index contributed by atoms with van der Waals surface area (Å²) < 4.78 is 22.9. The molecular weight excluding hydrogens is 362 g/mol. The summed E-state index contributed by atoms with van der Waals surface area (Å²) in [6.45, 7) is 0.818. The van der Waals surface area contributed by atoms with E-state index in [1.807, 2.05) is 12.1 Å². The Morgan fingerprint density at radius 2 is 1.91 bits per heavy atom. The molecule has 1 saturated carbocycles. The van der Waals surface area contributed by atoms with E-state index in [9.17, 15) is 0 Å². The highest BCUT2D eigenvalue weighted by molar-refractivity contribution is 9.10. The molecule has 1 aromatic heterocycles. The summed E-state index contributed by atoms with van der Waals surface area (Å²) in [6, 6.07) is 3.82. The minimum atomic E-state index is -0.0762. The molecule has 1 aliphatic carbocycles. The van der Waals surface area contributed by atoms with E-state index in [1.54, 1.807) is 20.4 Å². The zero-order valence-electron chi connectivity index (χ0n) is 13.9. The molecule has 1 fully saturated rings. The Kier molecular flexibility index (Phi) is 8.30. The lowest BCUT2D eigenvalue weighted by atomic mass is 9.92. The molecule has 1 aliphatic rings. The van der Waals surface area contributed by atoms with Crippen LogP contribution >= 0.6 is 15.9 Å². The predicted octanol–water partition coefficient (Wildman–Crippen LogP) is 3.95. The van der Waals surface area contributed by atoms with Crippen LogP contribution in [0.2, 0.25) is 0 Å². The smallest absolute Gasteiger partial charge is 0.213 e. The van der Waals surface area contributed by atoms with E-state index in [4.69, 9.17) is 18.9 Å². The van der Waals surface area contributed by atoms with Gasteiger partial charge in [-0.1, -0.05) is 6.42 Å². The average molecular weight is 388 g/mol. The highest BCUT2D eigenvalue weighted by Gasteiger charge is 2.31. The summed E-state index contributed by atoms with van der Waals surface area (Å²) in [6.07, 6.45) is 8.40. The van der Waals surface area contributed by atoms with E-state index in [0.29, 0.717) is 12.0 Å². The van der Waals surface area contributed by atoms with Crippen molar-refractivity contribution in [3.63, 3.8) is 0 Å². The second-order valence-electron chi connectivity index (χ2n) is 5.77. The second-order valence-corrected chi connectivity index (χ2v) is 6.68. The molecule has 2 rings (SSSR count). The monoisotopic (exact) mass is 387 g/mol. The van der Waals surface area contributed by atoms with Crippen molar-refractivity contribution in [3.05, 3.63) is 22.8 Å². The predicted molar refractivity (Wildman–Crippen MR) is 91.6 cm³/mol. The molecule has 23 heavy (non-hydrogen) atoms. The van der Waals surface area contributed by atoms with Crippen LogP contribution in [0.3, 0.4) is 0 Å². The molecule has 0 radical (unpaired) electrons. The van der Waals surface area contributed by atoms with Crippen LogP contribution in [0.5, 0.6) is 5.88 Å². The van der Waals surface area contributed by atoms with Crippen LogP contribution in [-0.2, 0) is 14.2 Å². The summed E-state index contributed by atoms with van der Waals surface area (Å²) in [7, 11) is 3.35. The molecule has 0 N–H and O–H groups in total. The van der Waals surface area contributed by atoms with Gasteiger partial charge in [0.1, 0.15) is 6.10 Å². The fourth-order valence-electron chi connectivity index (χ4n) is 2.52. The van der Waals surface area contributed by atoms with E-state index in [-0.39, 0.29) is 12.4 Å². The minimum absolute atomic E-state index is 0.0762. The van der Waals surface area contributed by atoms with Crippen molar-refractivity contribution in [1.82, 2.24) is 4.98 Å². The average Bonchev–Trinajstić information content (AvgIpc) is 2.53. The number of hydrogen-bond donors (Lipinski definition) is 0. The molecule has 0 bridgehead atoms. The number of nitrogens with zero attached hydrogens (tertiary/aromatic N) is 1. The van der Waals surface area contributed by atoms with Crippen molar-refractivity contribution < 1.29 is 18.9 Å². The maximum Gasteiger partial charge on any atom is 0.213 e. The first-order chi connectivity index (χ1) is 11.2. The standard InChI is InChI=1S/C17H26BrNO4/c1-20-17(21-2)6-4-3-5-9-22-14-10-15(11-14)23-16-8-7-13(18)12-19-16/h7-8,12,14-15,17H,3-6,9-11H2,1-2H3/t14-,15-. The van der Waals surface area contributed by atoms with Crippen LogP contribution in [0.1, 0.15) is 38.5 Å². The molecule has 0 saturated heterocycles. The fourth-order valence-corrected chi connectivity index (χ4v) is 2.76. The maximum absolute atomic E-state index is 5.85. The zero-order valence-corrected chi connectivity index (χ0v) is 15.5. The molecule has 5 nitrogen and oxygen atoms in total. The van der Waals surface area contributed by atoms with Crippen LogP contribution < -0.4 is 4.74 Å². The summed E-state index contributed by atoms with van der Waals surface area (Å²) >= 11 is 3.36. The molecule has 0 aromatic carbocycles. The summed E-state index contributed by atoms with van der Waals surface area (Å²) in [5.74, 6) is 0.683. The third-order valence-corrected chi connectivity index (χ3v) is 4.47. The van der Waals surface area contributed by atoms with E-state index in [2.05, 4.69) is 20.9 Å². The Morgan fingerprint density at radius 1 is 1.13 bits per heavy atom. The fraction of sp³-hybridized carbons (Fsp3) is 0.706. The number of hydrogen-bond acceptors (Lipinski definition) is 5. The van der Waals surface area contributed by atoms with Crippen LogP contribution in [0, 0.1) is 0 Å². The number of halogens is 1. The van der Waals surface area contributed by atoms with Crippen molar-refractivity contribution >= 4 is 15.9 Å². The van der Waals surface area contributed by atoms with Gasteiger partial charge in [0.2, 0.25) is 5.88 Å². The molecule has 0 spiro atoms. The normalized spacial score (nSPS) is 20.5. The molecule has 0 unspecified atom stereocenters. The first-order valence-corrected chi connectivity index (χ1v) is 8.96. The van der Waals surface area contributed by atoms with E-state index >= 15 is 0 Å². The van der Waals surface area contributed by atoms with Crippen LogP contribution in [0.4, 0.5) is 0 Å². The van der Waals surface area contributed by atoms with Gasteiger partial charge in [-0.3, -0.25) is 0 Å². The highest BCUT2D eigenvalue weighted by Crippen LogP contribution is 2.28. The van der Waals surface area contributed by atoms with Crippen molar-refractivity contribution in [3.8, 4) is 5.88 Å².